The summed E-state index contributed by atoms with van der Waals surface area (Å²) in [5.41, 5.74) is 2.30. The summed E-state index contributed by atoms with van der Waals surface area (Å²) in [6.07, 6.45) is 2.00. The molecule has 0 saturated carbocycles. The first kappa shape index (κ1) is 21.4. The zero-order valence-corrected chi connectivity index (χ0v) is 18.0. The van der Waals surface area contributed by atoms with E-state index >= 15 is 0 Å². The smallest absolute Gasteiger partial charge is 0.253 e. The molecule has 164 valence electrons. The van der Waals surface area contributed by atoms with Gasteiger partial charge in [0.1, 0.15) is 11.6 Å². The summed E-state index contributed by atoms with van der Waals surface area (Å²) in [7, 11) is 1.61. The molecule has 3 aromatic rings. The van der Waals surface area contributed by atoms with Crippen molar-refractivity contribution in [2.45, 2.75) is 6.42 Å². The molecule has 0 bridgehead atoms. The van der Waals surface area contributed by atoms with E-state index in [1.807, 2.05) is 47.4 Å². The number of hydrogen-bond acceptors (Lipinski definition) is 5. The molecular weight excluding hydrogens is 404 g/mol. The molecule has 1 aliphatic rings. The molecule has 0 aliphatic carbocycles. The predicted octanol–water partition coefficient (Wildman–Crippen LogP) is 3.23. The molecule has 1 N–H and O–H groups in total. The minimum absolute atomic E-state index is 0.0248. The highest BCUT2D eigenvalue weighted by molar-refractivity contribution is 5.94. The largest absolute Gasteiger partial charge is 0.497 e. The first-order chi connectivity index (χ1) is 15.6. The number of rotatable bonds is 6. The minimum atomic E-state index is -0.0728. The molecule has 7 heteroatoms. The summed E-state index contributed by atoms with van der Waals surface area (Å²) >= 11 is 0. The van der Waals surface area contributed by atoms with E-state index in [4.69, 9.17) is 4.74 Å². The van der Waals surface area contributed by atoms with Crippen molar-refractivity contribution in [2.75, 3.05) is 43.5 Å². The maximum absolute atomic E-state index is 12.7. The fraction of sp³-hybridized carbons (Fsp3) is 0.240. The van der Waals surface area contributed by atoms with Gasteiger partial charge < -0.3 is 19.9 Å². The molecule has 2 heterocycles. The normalized spacial score (nSPS) is 13.5. The van der Waals surface area contributed by atoms with Crippen molar-refractivity contribution in [3.63, 3.8) is 0 Å². The Kier molecular flexibility index (Phi) is 6.65. The second-order valence-electron chi connectivity index (χ2n) is 7.62. The van der Waals surface area contributed by atoms with Gasteiger partial charge in [0.2, 0.25) is 5.91 Å². The Hall–Kier alpha value is -3.87. The topological polar surface area (TPSA) is 74.8 Å². The Bertz CT molecular complexity index is 1040. The molecule has 1 saturated heterocycles. The van der Waals surface area contributed by atoms with Crippen molar-refractivity contribution >= 4 is 23.3 Å². The lowest BCUT2D eigenvalue weighted by Crippen LogP contribution is -2.49. The Morgan fingerprint density at radius 3 is 2.28 bits per heavy atom. The van der Waals surface area contributed by atoms with Gasteiger partial charge in [0.15, 0.2) is 0 Å². The van der Waals surface area contributed by atoms with E-state index in [2.05, 4.69) is 15.2 Å². The molecule has 0 radical (unpaired) electrons. The molecule has 1 aliphatic heterocycles. The van der Waals surface area contributed by atoms with Crippen LogP contribution in [0.5, 0.6) is 5.75 Å². The van der Waals surface area contributed by atoms with Gasteiger partial charge in [-0.3, -0.25) is 9.59 Å². The van der Waals surface area contributed by atoms with Crippen LogP contribution in [0.4, 0.5) is 11.5 Å². The molecule has 0 atom stereocenters. The standard InChI is InChI=1S/C25H26N4O3/c1-32-22-10-7-20(8-11-22)25(31)29-15-13-28(14-16-29)23-12-9-21(18-26-23)27-24(30)17-19-5-3-2-4-6-19/h2-12,18H,13-17H2,1H3,(H,27,30). The van der Waals surface area contributed by atoms with Gasteiger partial charge in [-0.1, -0.05) is 30.3 Å². The number of benzene rings is 2. The number of carbonyl (C=O) groups excluding carboxylic acids is 2. The number of carbonyl (C=O) groups is 2. The first-order valence-corrected chi connectivity index (χ1v) is 10.6. The number of amides is 2. The number of methoxy groups -OCH3 is 1. The highest BCUT2D eigenvalue weighted by Gasteiger charge is 2.23. The summed E-state index contributed by atoms with van der Waals surface area (Å²) < 4.78 is 5.15. The average molecular weight is 431 g/mol. The molecule has 1 aromatic heterocycles. The van der Waals surface area contributed by atoms with Crippen LogP contribution in [-0.2, 0) is 11.2 Å². The number of aromatic nitrogens is 1. The van der Waals surface area contributed by atoms with E-state index in [9.17, 15) is 9.59 Å². The summed E-state index contributed by atoms with van der Waals surface area (Å²) in [5.74, 6) is 1.52. The summed E-state index contributed by atoms with van der Waals surface area (Å²) in [6.45, 7) is 2.66. The zero-order valence-electron chi connectivity index (χ0n) is 18.0. The highest BCUT2D eigenvalue weighted by Crippen LogP contribution is 2.18. The summed E-state index contributed by atoms with van der Waals surface area (Å²) in [5, 5.41) is 2.89. The number of ether oxygens (including phenoxy) is 1. The van der Waals surface area contributed by atoms with Crippen molar-refractivity contribution in [1.82, 2.24) is 9.88 Å². The number of nitrogens with one attached hydrogen (secondary N) is 1. The van der Waals surface area contributed by atoms with Crippen molar-refractivity contribution in [3.05, 3.63) is 84.1 Å². The van der Waals surface area contributed by atoms with Crippen LogP contribution in [0, 0.1) is 0 Å². The van der Waals surface area contributed by atoms with E-state index in [0.717, 1.165) is 17.1 Å². The van der Waals surface area contributed by atoms with Crippen LogP contribution in [0.3, 0.4) is 0 Å². The summed E-state index contributed by atoms with van der Waals surface area (Å²) in [4.78, 5) is 33.5. The Morgan fingerprint density at radius 1 is 0.938 bits per heavy atom. The molecule has 2 aromatic carbocycles. The lowest BCUT2D eigenvalue weighted by atomic mass is 10.1. The van der Waals surface area contributed by atoms with Crippen molar-refractivity contribution in [2.24, 2.45) is 0 Å². The summed E-state index contributed by atoms with van der Waals surface area (Å²) in [6, 6.07) is 20.6. The molecule has 32 heavy (non-hydrogen) atoms. The molecule has 4 rings (SSSR count). The maximum atomic E-state index is 12.7. The maximum Gasteiger partial charge on any atom is 0.253 e. The van der Waals surface area contributed by atoms with Gasteiger partial charge in [0.05, 0.1) is 25.4 Å². The van der Waals surface area contributed by atoms with E-state index in [-0.39, 0.29) is 11.8 Å². The van der Waals surface area contributed by atoms with Crippen LogP contribution >= 0.6 is 0 Å². The van der Waals surface area contributed by atoms with E-state index < -0.39 is 0 Å². The second kappa shape index (κ2) is 9.96. The van der Waals surface area contributed by atoms with Crippen molar-refractivity contribution < 1.29 is 14.3 Å². The fourth-order valence-corrected chi connectivity index (χ4v) is 3.69. The lowest BCUT2D eigenvalue weighted by Gasteiger charge is -2.35. The van der Waals surface area contributed by atoms with E-state index in [1.165, 1.54) is 0 Å². The van der Waals surface area contributed by atoms with Crippen molar-refractivity contribution in [1.29, 1.82) is 0 Å². The molecular formula is C25H26N4O3. The monoisotopic (exact) mass is 430 g/mol. The average Bonchev–Trinajstić information content (AvgIpc) is 2.85. The van der Waals surface area contributed by atoms with E-state index in [1.54, 1.807) is 37.6 Å². The SMILES string of the molecule is COc1ccc(C(=O)N2CCN(c3ccc(NC(=O)Cc4ccccc4)cn3)CC2)cc1. The van der Waals surface area contributed by atoms with Gasteiger partial charge in [0, 0.05) is 31.7 Å². The van der Waals surface area contributed by atoms with Crippen LogP contribution in [0.15, 0.2) is 72.9 Å². The second-order valence-corrected chi connectivity index (χ2v) is 7.62. The van der Waals surface area contributed by atoms with Gasteiger partial charge in [-0.05, 0) is 42.0 Å². The zero-order chi connectivity index (χ0) is 22.3. The van der Waals surface area contributed by atoms with Crippen LogP contribution < -0.4 is 15.0 Å². The molecule has 2 amide bonds. The highest BCUT2D eigenvalue weighted by atomic mass is 16.5. The predicted molar refractivity (Wildman–Crippen MR) is 124 cm³/mol. The van der Waals surface area contributed by atoms with Crippen LogP contribution in [0.1, 0.15) is 15.9 Å². The third kappa shape index (κ3) is 5.24. The Labute approximate surface area is 187 Å². The Morgan fingerprint density at radius 2 is 1.66 bits per heavy atom. The number of nitrogens with zero attached hydrogens (tertiary/aromatic N) is 3. The number of hydrogen-bond donors (Lipinski definition) is 1. The van der Waals surface area contributed by atoms with Gasteiger partial charge in [0.25, 0.3) is 5.91 Å². The molecule has 0 unspecified atom stereocenters. The Balaban J connectivity index is 1.29. The number of pyridine rings is 1. The first-order valence-electron chi connectivity index (χ1n) is 10.6. The molecule has 0 spiro atoms. The van der Waals surface area contributed by atoms with E-state index in [0.29, 0.717) is 43.9 Å². The number of anilines is 2. The van der Waals surface area contributed by atoms with Crippen LogP contribution in [-0.4, -0.2) is 55.0 Å². The third-order valence-electron chi connectivity index (χ3n) is 5.47. The molecule has 7 nitrogen and oxygen atoms in total. The van der Waals surface area contributed by atoms with Gasteiger partial charge in [-0.25, -0.2) is 4.98 Å². The van der Waals surface area contributed by atoms with Crippen LogP contribution in [0.25, 0.3) is 0 Å². The molecule has 1 fully saturated rings. The van der Waals surface area contributed by atoms with Crippen LogP contribution in [0.2, 0.25) is 0 Å². The van der Waals surface area contributed by atoms with Crippen molar-refractivity contribution in [3.8, 4) is 5.75 Å². The third-order valence-corrected chi connectivity index (χ3v) is 5.47. The quantitative estimate of drug-likeness (QED) is 0.650. The fourth-order valence-electron chi connectivity index (χ4n) is 3.69. The van der Waals surface area contributed by atoms with Gasteiger partial charge in [-0.15, -0.1) is 0 Å². The lowest BCUT2D eigenvalue weighted by molar-refractivity contribution is -0.115. The number of piperazine rings is 1. The van der Waals surface area contributed by atoms with Gasteiger partial charge in [-0.2, -0.15) is 0 Å². The van der Waals surface area contributed by atoms with Gasteiger partial charge >= 0.3 is 0 Å². The minimum Gasteiger partial charge on any atom is -0.497 e.